The average molecular weight is 324 g/mol. The zero-order valence-corrected chi connectivity index (χ0v) is 13.5. The molecular formula is C15H18ClN3OS. The summed E-state index contributed by atoms with van der Waals surface area (Å²) in [5, 5.41) is 3.63. The summed E-state index contributed by atoms with van der Waals surface area (Å²) in [5.74, 6) is 2.04. The van der Waals surface area contributed by atoms with E-state index >= 15 is 0 Å². The van der Waals surface area contributed by atoms with Crippen LogP contribution in [0.2, 0.25) is 5.02 Å². The summed E-state index contributed by atoms with van der Waals surface area (Å²) in [6.45, 7) is 3.37. The zero-order valence-electron chi connectivity index (χ0n) is 11.9. The van der Waals surface area contributed by atoms with E-state index in [1.807, 2.05) is 42.0 Å². The molecule has 1 amide bonds. The lowest BCUT2D eigenvalue weighted by atomic mass is 10.2. The van der Waals surface area contributed by atoms with Crippen molar-refractivity contribution >= 4 is 29.3 Å². The minimum atomic E-state index is 0.0118. The van der Waals surface area contributed by atoms with Crippen LogP contribution in [0.1, 0.15) is 18.3 Å². The summed E-state index contributed by atoms with van der Waals surface area (Å²) in [6.07, 6.45) is 3.66. The molecule has 0 unspecified atom stereocenters. The average Bonchev–Trinajstić information content (AvgIpc) is 2.94. The maximum Gasteiger partial charge on any atom is 0.230 e. The van der Waals surface area contributed by atoms with E-state index in [9.17, 15) is 4.79 Å². The smallest absolute Gasteiger partial charge is 0.230 e. The van der Waals surface area contributed by atoms with Gasteiger partial charge in [-0.3, -0.25) is 4.79 Å². The van der Waals surface area contributed by atoms with Crippen LogP contribution in [0.15, 0.2) is 36.7 Å². The van der Waals surface area contributed by atoms with Crippen molar-refractivity contribution in [3.63, 3.8) is 0 Å². The SMILES string of the molecule is CCn1ccnc1CNC(=O)CSCc1ccccc1Cl. The van der Waals surface area contributed by atoms with Crippen molar-refractivity contribution in [2.24, 2.45) is 0 Å². The monoisotopic (exact) mass is 323 g/mol. The molecule has 2 aromatic rings. The van der Waals surface area contributed by atoms with Crippen LogP contribution in [0.25, 0.3) is 0 Å². The molecule has 0 aliphatic rings. The molecule has 2 rings (SSSR count). The van der Waals surface area contributed by atoms with Crippen LogP contribution in [0.3, 0.4) is 0 Å². The number of hydrogen-bond acceptors (Lipinski definition) is 3. The number of imidazole rings is 1. The predicted molar refractivity (Wildman–Crippen MR) is 87.4 cm³/mol. The predicted octanol–water partition coefficient (Wildman–Crippen LogP) is 3.11. The number of rotatable bonds is 7. The number of aromatic nitrogens is 2. The number of halogens is 1. The largest absolute Gasteiger partial charge is 0.348 e. The van der Waals surface area contributed by atoms with E-state index in [1.54, 1.807) is 18.0 Å². The van der Waals surface area contributed by atoms with Crippen LogP contribution in [-0.4, -0.2) is 21.2 Å². The summed E-state index contributed by atoms with van der Waals surface area (Å²) in [6, 6.07) is 7.69. The second kappa shape index (κ2) is 8.10. The molecule has 21 heavy (non-hydrogen) atoms. The summed E-state index contributed by atoms with van der Waals surface area (Å²) < 4.78 is 2.01. The Hall–Kier alpha value is -1.46. The van der Waals surface area contributed by atoms with Gasteiger partial charge < -0.3 is 9.88 Å². The first-order valence-corrected chi connectivity index (χ1v) is 8.31. The first-order chi connectivity index (χ1) is 10.2. The van der Waals surface area contributed by atoms with Gasteiger partial charge in [0.15, 0.2) is 0 Å². The number of aryl methyl sites for hydroxylation is 1. The topological polar surface area (TPSA) is 46.9 Å². The highest BCUT2D eigenvalue weighted by molar-refractivity contribution is 7.99. The molecule has 6 heteroatoms. The van der Waals surface area contributed by atoms with Crippen molar-refractivity contribution in [3.8, 4) is 0 Å². The summed E-state index contributed by atoms with van der Waals surface area (Å²) >= 11 is 7.63. The molecule has 0 radical (unpaired) electrons. The molecule has 1 heterocycles. The Morgan fingerprint density at radius 3 is 3.00 bits per heavy atom. The first kappa shape index (κ1) is 15.9. The van der Waals surface area contributed by atoms with Gasteiger partial charge in [-0.2, -0.15) is 0 Å². The highest BCUT2D eigenvalue weighted by Crippen LogP contribution is 2.20. The molecule has 112 valence electrons. The Morgan fingerprint density at radius 2 is 2.24 bits per heavy atom. The molecule has 0 atom stereocenters. The fraction of sp³-hybridized carbons (Fsp3) is 0.333. The molecule has 0 saturated carbocycles. The number of benzene rings is 1. The van der Waals surface area contributed by atoms with E-state index in [-0.39, 0.29) is 5.91 Å². The number of hydrogen-bond donors (Lipinski definition) is 1. The van der Waals surface area contributed by atoms with Crippen molar-refractivity contribution in [2.45, 2.75) is 25.8 Å². The van der Waals surface area contributed by atoms with Gasteiger partial charge in [-0.1, -0.05) is 29.8 Å². The van der Waals surface area contributed by atoms with Crippen LogP contribution in [-0.2, 0) is 23.6 Å². The quantitative estimate of drug-likeness (QED) is 0.851. The fourth-order valence-corrected chi connectivity index (χ4v) is 3.04. The standard InChI is InChI=1S/C15H18ClN3OS/c1-2-19-8-7-17-14(19)9-18-15(20)11-21-10-12-5-3-4-6-13(12)16/h3-8H,2,9-11H2,1H3,(H,18,20). The van der Waals surface area contributed by atoms with Crippen molar-refractivity contribution in [1.29, 1.82) is 0 Å². The Balaban J connectivity index is 1.72. The van der Waals surface area contributed by atoms with E-state index in [4.69, 9.17) is 11.6 Å². The van der Waals surface area contributed by atoms with Gasteiger partial charge >= 0.3 is 0 Å². The normalized spacial score (nSPS) is 10.6. The van der Waals surface area contributed by atoms with Gasteiger partial charge in [0.25, 0.3) is 0 Å². The Morgan fingerprint density at radius 1 is 1.43 bits per heavy atom. The molecule has 0 bridgehead atoms. The van der Waals surface area contributed by atoms with Crippen molar-refractivity contribution in [1.82, 2.24) is 14.9 Å². The molecule has 0 aliphatic heterocycles. The highest BCUT2D eigenvalue weighted by atomic mass is 35.5. The number of carbonyl (C=O) groups is 1. The second-order valence-electron chi connectivity index (χ2n) is 4.49. The molecule has 0 saturated heterocycles. The summed E-state index contributed by atoms with van der Waals surface area (Å²) in [5.41, 5.74) is 1.05. The lowest BCUT2D eigenvalue weighted by Gasteiger charge is -2.07. The van der Waals surface area contributed by atoms with Crippen LogP contribution in [0.5, 0.6) is 0 Å². The summed E-state index contributed by atoms with van der Waals surface area (Å²) in [4.78, 5) is 16.0. The van der Waals surface area contributed by atoms with Gasteiger partial charge in [0, 0.05) is 29.7 Å². The van der Waals surface area contributed by atoms with Gasteiger partial charge in [-0.15, -0.1) is 11.8 Å². The number of thioether (sulfide) groups is 1. The number of nitrogens with zero attached hydrogens (tertiary/aromatic N) is 2. The van der Waals surface area contributed by atoms with E-state index in [1.165, 1.54) is 0 Å². The van der Waals surface area contributed by atoms with Gasteiger partial charge in [-0.25, -0.2) is 4.98 Å². The molecular weight excluding hydrogens is 306 g/mol. The summed E-state index contributed by atoms with van der Waals surface area (Å²) in [7, 11) is 0. The van der Waals surface area contributed by atoms with E-state index < -0.39 is 0 Å². The molecule has 0 spiro atoms. The highest BCUT2D eigenvalue weighted by Gasteiger charge is 2.06. The van der Waals surface area contributed by atoms with Crippen LogP contribution < -0.4 is 5.32 Å². The second-order valence-corrected chi connectivity index (χ2v) is 5.88. The van der Waals surface area contributed by atoms with Crippen LogP contribution in [0.4, 0.5) is 0 Å². The molecule has 1 N–H and O–H groups in total. The van der Waals surface area contributed by atoms with E-state index in [0.717, 1.165) is 28.7 Å². The third kappa shape index (κ3) is 4.79. The minimum absolute atomic E-state index is 0.0118. The van der Waals surface area contributed by atoms with Crippen LogP contribution >= 0.6 is 23.4 Å². The van der Waals surface area contributed by atoms with E-state index in [0.29, 0.717) is 12.3 Å². The van der Waals surface area contributed by atoms with Crippen molar-refractivity contribution in [2.75, 3.05) is 5.75 Å². The third-order valence-corrected chi connectivity index (χ3v) is 4.38. The molecule has 4 nitrogen and oxygen atoms in total. The molecule has 0 aliphatic carbocycles. The Bertz CT molecular complexity index is 600. The molecule has 1 aromatic carbocycles. The maximum absolute atomic E-state index is 11.8. The van der Waals surface area contributed by atoms with Gasteiger partial charge in [0.2, 0.25) is 5.91 Å². The van der Waals surface area contributed by atoms with E-state index in [2.05, 4.69) is 10.3 Å². The van der Waals surface area contributed by atoms with Gasteiger partial charge in [-0.05, 0) is 18.6 Å². The maximum atomic E-state index is 11.8. The number of nitrogens with one attached hydrogen (secondary N) is 1. The number of carbonyl (C=O) groups excluding carboxylic acids is 1. The Kier molecular flexibility index (Phi) is 6.14. The fourth-order valence-electron chi connectivity index (χ4n) is 1.89. The minimum Gasteiger partial charge on any atom is -0.348 e. The lowest BCUT2D eigenvalue weighted by Crippen LogP contribution is -2.26. The third-order valence-electron chi connectivity index (χ3n) is 3.03. The molecule has 1 aromatic heterocycles. The molecule has 0 fully saturated rings. The zero-order chi connectivity index (χ0) is 15.1. The number of amides is 1. The first-order valence-electron chi connectivity index (χ1n) is 6.78. The van der Waals surface area contributed by atoms with Gasteiger partial charge in [0.05, 0.1) is 12.3 Å². The van der Waals surface area contributed by atoms with Crippen molar-refractivity contribution in [3.05, 3.63) is 53.1 Å². The van der Waals surface area contributed by atoms with Crippen LogP contribution in [0, 0.1) is 0 Å². The van der Waals surface area contributed by atoms with Gasteiger partial charge in [0.1, 0.15) is 5.82 Å². The Labute approximate surface area is 133 Å². The lowest BCUT2D eigenvalue weighted by molar-refractivity contribution is -0.118. The van der Waals surface area contributed by atoms with Crippen molar-refractivity contribution < 1.29 is 4.79 Å².